The zero-order valence-electron chi connectivity index (χ0n) is 13.2. The normalized spacial score (nSPS) is 11.2. The molecule has 0 radical (unpaired) electrons. The zero-order chi connectivity index (χ0) is 18.4. The van der Waals surface area contributed by atoms with Gasteiger partial charge in [0.15, 0.2) is 0 Å². The first-order chi connectivity index (χ1) is 11.7. The molecule has 0 aliphatic carbocycles. The number of sulfonamides is 1. The summed E-state index contributed by atoms with van der Waals surface area (Å²) in [5.74, 6) is -0.382. The lowest BCUT2D eigenvalue weighted by Crippen LogP contribution is -2.17. The van der Waals surface area contributed by atoms with Crippen molar-refractivity contribution in [3.05, 3.63) is 54.1 Å². The minimum atomic E-state index is -3.49. The molecular weight excluding hydrogens is 354 g/mol. The van der Waals surface area contributed by atoms with Gasteiger partial charge in [-0.15, -0.1) is 0 Å². The molecule has 0 aliphatic heterocycles. The highest BCUT2D eigenvalue weighted by molar-refractivity contribution is 7.92. The Morgan fingerprint density at radius 2 is 1.68 bits per heavy atom. The molecule has 134 valence electrons. The molecule has 2 aromatic rings. The second-order valence-corrected chi connectivity index (χ2v) is 6.92. The van der Waals surface area contributed by atoms with Crippen molar-refractivity contribution >= 4 is 27.3 Å². The van der Waals surface area contributed by atoms with Crippen LogP contribution in [-0.2, 0) is 21.2 Å². The van der Waals surface area contributed by atoms with E-state index >= 15 is 0 Å². The number of halogens is 2. The molecule has 0 spiro atoms. The first kappa shape index (κ1) is 18.7. The third-order valence-electron chi connectivity index (χ3n) is 3.01. The summed E-state index contributed by atoms with van der Waals surface area (Å²) in [5.41, 5.74) is 1.15. The zero-order valence-corrected chi connectivity index (χ0v) is 14.0. The van der Waals surface area contributed by atoms with Crippen LogP contribution >= 0.6 is 0 Å². The van der Waals surface area contributed by atoms with Gasteiger partial charge in [0, 0.05) is 0 Å². The number of hydrogen-bond donors (Lipinski definition) is 2. The fourth-order valence-electron chi connectivity index (χ4n) is 2.05. The highest BCUT2D eigenvalue weighted by Crippen LogP contribution is 2.22. The number of alkyl halides is 2. The second-order valence-electron chi connectivity index (χ2n) is 5.17. The van der Waals surface area contributed by atoms with Crippen LogP contribution in [0.25, 0.3) is 0 Å². The van der Waals surface area contributed by atoms with Gasteiger partial charge in [-0.1, -0.05) is 24.3 Å². The molecule has 0 bridgehead atoms. The van der Waals surface area contributed by atoms with Crippen LogP contribution in [0.1, 0.15) is 5.56 Å². The van der Waals surface area contributed by atoms with Crippen molar-refractivity contribution in [1.82, 2.24) is 0 Å². The molecule has 0 saturated carbocycles. The summed E-state index contributed by atoms with van der Waals surface area (Å²) < 4.78 is 53.4. The van der Waals surface area contributed by atoms with Gasteiger partial charge in [-0.3, -0.25) is 9.52 Å². The van der Waals surface area contributed by atoms with Gasteiger partial charge >= 0.3 is 6.61 Å². The molecular formula is C16H16F2N2O4S. The molecule has 2 N–H and O–H groups in total. The number of para-hydroxylation sites is 2. The van der Waals surface area contributed by atoms with E-state index in [1.807, 2.05) is 0 Å². The fraction of sp³-hybridized carbons (Fsp3) is 0.188. The van der Waals surface area contributed by atoms with Gasteiger partial charge in [-0.2, -0.15) is 8.78 Å². The number of anilines is 2. The first-order valence-electron chi connectivity index (χ1n) is 7.13. The topological polar surface area (TPSA) is 84.5 Å². The van der Waals surface area contributed by atoms with E-state index in [1.54, 1.807) is 18.2 Å². The van der Waals surface area contributed by atoms with Crippen LogP contribution in [0.5, 0.6) is 5.75 Å². The number of hydrogen-bond acceptors (Lipinski definition) is 4. The summed E-state index contributed by atoms with van der Waals surface area (Å²) in [6.07, 6.45) is 0.997. The van der Waals surface area contributed by atoms with Gasteiger partial charge in [0.05, 0.1) is 24.1 Å². The molecule has 0 unspecified atom stereocenters. The Balaban J connectivity index is 2.03. The SMILES string of the molecule is CS(=O)(=O)Nc1ccccc1NC(=O)Cc1ccc(OC(F)F)cc1. The van der Waals surface area contributed by atoms with Crippen molar-refractivity contribution in [3.8, 4) is 5.75 Å². The number of rotatable bonds is 7. The number of carbonyl (C=O) groups excluding carboxylic acids is 1. The Hall–Kier alpha value is -2.68. The van der Waals surface area contributed by atoms with Crippen molar-refractivity contribution in [2.45, 2.75) is 13.0 Å². The van der Waals surface area contributed by atoms with Crippen molar-refractivity contribution in [3.63, 3.8) is 0 Å². The molecule has 2 rings (SSSR count). The molecule has 0 atom stereocenters. The molecule has 0 aliphatic rings. The van der Waals surface area contributed by atoms with Crippen LogP contribution < -0.4 is 14.8 Å². The lowest BCUT2D eigenvalue weighted by Gasteiger charge is -2.12. The molecule has 9 heteroatoms. The summed E-state index contributed by atoms with van der Waals surface area (Å²) in [4.78, 5) is 12.1. The summed E-state index contributed by atoms with van der Waals surface area (Å²) in [5, 5.41) is 2.61. The van der Waals surface area contributed by atoms with Gasteiger partial charge in [0.1, 0.15) is 5.75 Å². The summed E-state index contributed by atoms with van der Waals surface area (Å²) in [6.45, 7) is -2.91. The Morgan fingerprint density at radius 3 is 2.24 bits per heavy atom. The quantitative estimate of drug-likeness (QED) is 0.785. The summed E-state index contributed by atoms with van der Waals surface area (Å²) >= 11 is 0. The average molecular weight is 370 g/mol. The van der Waals surface area contributed by atoms with Crippen molar-refractivity contribution < 1.29 is 26.7 Å². The fourth-order valence-corrected chi connectivity index (χ4v) is 2.63. The van der Waals surface area contributed by atoms with E-state index in [-0.39, 0.29) is 23.8 Å². The van der Waals surface area contributed by atoms with E-state index in [9.17, 15) is 22.0 Å². The van der Waals surface area contributed by atoms with Gasteiger partial charge in [0.25, 0.3) is 0 Å². The standard InChI is InChI=1S/C16H16F2N2O4S/c1-25(22,23)20-14-5-3-2-4-13(14)19-15(21)10-11-6-8-12(9-7-11)24-16(17)18/h2-9,16,20H,10H2,1H3,(H,19,21). The van der Waals surface area contributed by atoms with E-state index in [4.69, 9.17) is 0 Å². The van der Waals surface area contributed by atoms with E-state index in [2.05, 4.69) is 14.8 Å². The van der Waals surface area contributed by atoms with Gasteiger partial charge in [-0.25, -0.2) is 8.42 Å². The third-order valence-corrected chi connectivity index (χ3v) is 3.60. The molecule has 2 aromatic carbocycles. The largest absolute Gasteiger partial charge is 0.435 e. The van der Waals surface area contributed by atoms with E-state index in [0.717, 1.165) is 6.26 Å². The summed E-state index contributed by atoms with van der Waals surface area (Å²) in [6, 6.07) is 12.0. The smallest absolute Gasteiger partial charge is 0.387 e. The lowest BCUT2D eigenvalue weighted by molar-refractivity contribution is -0.115. The Bertz CT molecular complexity index is 839. The molecule has 1 amide bonds. The van der Waals surface area contributed by atoms with Crippen LogP contribution in [0.15, 0.2) is 48.5 Å². The van der Waals surface area contributed by atoms with E-state index < -0.39 is 16.6 Å². The number of nitrogens with one attached hydrogen (secondary N) is 2. The predicted octanol–water partition coefficient (Wildman–Crippen LogP) is 2.84. The van der Waals surface area contributed by atoms with Crippen LogP contribution in [0.3, 0.4) is 0 Å². The Labute approximate surface area is 143 Å². The predicted molar refractivity (Wildman–Crippen MR) is 90.3 cm³/mol. The minimum absolute atomic E-state index is 0.00172. The minimum Gasteiger partial charge on any atom is -0.435 e. The number of benzene rings is 2. The van der Waals surface area contributed by atoms with Crippen LogP contribution in [-0.4, -0.2) is 27.2 Å². The average Bonchev–Trinajstić information content (AvgIpc) is 2.49. The maximum atomic E-state index is 12.1. The van der Waals surface area contributed by atoms with E-state index in [1.165, 1.54) is 30.3 Å². The number of amides is 1. The van der Waals surface area contributed by atoms with Crippen molar-refractivity contribution in [2.75, 3.05) is 16.3 Å². The molecule has 0 fully saturated rings. The first-order valence-corrected chi connectivity index (χ1v) is 9.02. The van der Waals surface area contributed by atoms with Crippen LogP contribution in [0, 0.1) is 0 Å². The van der Waals surface area contributed by atoms with Crippen molar-refractivity contribution in [1.29, 1.82) is 0 Å². The van der Waals surface area contributed by atoms with Crippen LogP contribution in [0.4, 0.5) is 20.2 Å². The Morgan fingerprint density at radius 1 is 1.08 bits per heavy atom. The maximum Gasteiger partial charge on any atom is 0.387 e. The van der Waals surface area contributed by atoms with Crippen LogP contribution in [0.2, 0.25) is 0 Å². The molecule has 0 aromatic heterocycles. The molecule has 0 saturated heterocycles. The molecule has 6 nitrogen and oxygen atoms in total. The third kappa shape index (κ3) is 6.38. The number of ether oxygens (including phenoxy) is 1. The van der Waals surface area contributed by atoms with Gasteiger partial charge in [-0.05, 0) is 29.8 Å². The van der Waals surface area contributed by atoms with E-state index in [0.29, 0.717) is 11.3 Å². The van der Waals surface area contributed by atoms with Gasteiger partial charge in [0.2, 0.25) is 15.9 Å². The lowest BCUT2D eigenvalue weighted by atomic mass is 10.1. The molecule has 25 heavy (non-hydrogen) atoms. The monoisotopic (exact) mass is 370 g/mol. The Kier molecular flexibility index (Phi) is 5.92. The number of carbonyl (C=O) groups is 1. The molecule has 0 heterocycles. The van der Waals surface area contributed by atoms with Crippen molar-refractivity contribution in [2.24, 2.45) is 0 Å². The highest BCUT2D eigenvalue weighted by atomic mass is 32.2. The van der Waals surface area contributed by atoms with Gasteiger partial charge < -0.3 is 10.1 Å². The second kappa shape index (κ2) is 7.93. The summed E-state index contributed by atoms with van der Waals surface area (Å²) in [7, 11) is -3.49. The highest BCUT2D eigenvalue weighted by Gasteiger charge is 2.11. The maximum absolute atomic E-state index is 12.1.